The highest BCUT2D eigenvalue weighted by molar-refractivity contribution is 5.57. The Balaban J connectivity index is 1.32. The third-order valence-electron chi connectivity index (χ3n) is 5.63. The van der Waals surface area contributed by atoms with Crippen LogP contribution in [0, 0.1) is 0 Å². The topological polar surface area (TPSA) is 97.7 Å². The van der Waals surface area contributed by atoms with E-state index < -0.39 is 12.3 Å². The van der Waals surface area contributed by atoms with Gasteiger partial charge in [0.1, 0.15) is 18.2 Å². The van der Waals surface area contributed by atoms with E-state index in [4.69, 9.17) is 4.74 Å². The van der Waals surface area contributed by atoms with E-state index in [0.29, 0.717) is 29.5 Å². The van der Waals surface area contributed by atoms with Crippen molar-refractivity contribution in [3.8, 4) is 23.0 Å². The van der Waals surface area contributed by atoms with E-state index in [9.17, 15) is 9.18 Å². The lowest BCUT2D eigenvalue weighted by molar-refractivity contribution is 0.00679. The van der Waals surface area contributed by atoms with Crippen LogP contribution >= 0.6 is 0 Å². The van der Waals surface area contributed by atoms with E-state index in [2.05, 4.69) is 25.3 Å². The number of alkyl halides is 1. The zero-order chi connectivity index (χ0) is 19.8. The van der Waals surface area contributed by atoms with E-state index >= 15 is 0 Å². The molecular weight excluding hydrogens is 375 g/mol. The molecule has 5 heterocycles. The summed E-state index contributed by atoms with van der Waals surface area (Å²) < 4.78 is 22.2. The Hall–Kier alpha value is -3.07. The van der Waals surface area contributed by atoms with Gasteiger partial charge in [0.2, 0.25) is 5.88 Å². The molecule has 2 bridgehead atoms. The van der Waals surface area contributed by atoms with Crippen LogP contribution in [-0.2, 0) is 0 Å². The lowest BCUT2D eigenvalue weighted by Gasteiger charge is -2.42. The van der Waals surface area contributed by atoms with Crippen molar-refractivity contribution < 1.29 is 9.13 Å². The Morgan fingerprint density at radius 2 is 2.17 bits per heavy atom. The lowest BCUT2D eigenvalue weighted by Crippen LogP contribution is -2.59. The maximum absolute atomic E-state index is 14.7. The number of aromatic amines is 1. The van der Waals surface area contributed by atoms with Crippen LogP contribution in [0.25, 0.3) is 17.1 Å². The number of piperidine rings is 2. The Kier molecular flexibility index (Phi) is 4.59. The van der Waals surface area contributed by atoms with E-state index in [1.165, 1.54) is 18.5 Å². The number of hydrogen-bond acceptors (Lipinski definition) is 6. The monoisotopic (exact) mass is 396 g/mol. The summed E-state index contributed by atoms with van der Waals surface area (Å²) in [6.07, 6.45) is 11.5. The van der Waals surface area contributed by atoms with Crippen molar-refractivity contribution in [1.29, 1.82) is 0 Å². The van der Waals surface area contributed by atoms with Gasteiger partial charge in [0.15, 0.2) is 11.6 Å². The van der Waals surface area contributed by atoms with Gasteiger partial charge < -0.3 is 15.0 Å². The fourth-order valence-corrected chi connectivity index (χ4v) is 4.16. The molecule has 2 saturated heterocycles. The number of fused-ring (bicyclic) bond motifs is 2. The normalized spacial score (nSPS) is 26.2. The molecular formula is C20H21FN6O2. The minimum atomic E-state index is -1.06. The first kappa shape index (κ1) is 18.0. The van der Waals surface area contributed by atoms with Crippen LogP contribution in [0.15, 0.2) is 48.2 Å². The van der Waals surface area contributed by atoms with Gasteiger partial charge in [-0.3, -0.25) is 9.36 Å². The highest BCUT2D eigenvalue weighted by atomic mass is 19.1. The van der Waals surface area contributed by atoms with Gasteiger partial charge >= 0.3 is 0 Å². The Labute approximate surface area is 166 Å². The lowest BCUT2D eigenvalue weighted by atomic mass is 9.84. The molecule has 0 saturated carbocycles. The van der Waals surface area contributed by atoms with E-state index in [1.54, 1.807) is 29.5 Å². The molecule has 0 amide bonds. The van der Waals surface area contributed by atoms with Crippen molar-refractivity contribution in [2.75, 3.05) is 0 Å². The van der Waals surface area contributed by atoms with Crippen molar-refractivity contribution >= 4 is 0 Å². The predicted octanol–water partition coefficient (Wildman–Crippen LogP) is 2.02. The molecule has 2 aliphatic rings. The molecule has 0 aliphatic carbocycles. The largest absolute Gasteiger partial charge is 0.470 e. The second-order valence-electron chi connectivity index (χ2n) is 7.54. The van der Waals surface area contributed by atoms with Crippen LogP contribution < -0.4 is 15.5 Å². The smallest absolute Gasteiger partial charge is 0.232 e. The summed E-state index contributed by atoms with van der Waals surface area (Å²) in [7, 11) is 0. The van der Waals surface area contributed by atoms with Gasteiger partial charge in [0.25, 0.3) is 0 Å². The molecule has 0 aromatic carbocycles. The fourth-order valence-electron chi connectivity index (χ4n) is 4.16. The molecule has 5 rings (SSSR count). The average Bonchev–Trinajstić information content (AvgIpc) is 3.28. The highest BCUT2D eigenvalue weighted by Gasteiger charge is 2.41. The number of halogens is 1. The van der Waals surface area contributed by atoms with Gasteiger partial charge in [-0.25, -0.2) is 19.3 Å². The van der Waals surface area contributed by atoms with E-state index in [-0.39, 0.29) is 17.4 Å². The number of nitrogens with one attached hydrogen (secondary N) is 2. The maximum Gasteiger partial charge on any atom is 0.232 e. The van der Waals surface area contributed by atoms with Crippen LogP contribution in [0.3, 0.4) is 0 Å². The number of hydrogen-bond donors (Lipinski definition) is 2. The van der Waals surface area contributed by atoms with Gasteiger partial charge in [-0.1, -0.05) is 6.42 Å². The van der Waals surface area contributed by atoms with Crippen molar-refractivity contribution in [1.82, 2.24) is 29.8 Å². The summed E-state index contributed by atoms with van der Waals surface area (Å²) in [6, 6.07) is 1.63. The van der Waals surface area contributed by atoms with Crippen LogP contribution in [0.2, 0.25) is 0 Å². The summed E-state index contributed by atoms with van der Waals surface area (Å²) in [5, 5.41) is 3.33. The molecule has 2 N–H and O–H groups in total. The second kappa shape index (κ2) is 7.40. The van der Waals surface area contributed by atoms with Crippen molar-refractivity contribution in [3.05, 3.63) is 53.6 Å². The van der Waals surface area contributed by atoms with E-state index in [1.807, 2.05) is 0 Å². The van der Waals surface area contributed by atoms with Gasteiger partial charge in [-0.15, -0.1) is 0 Å². The number of nitrogens with zero attached hydrogens (tertiary/aromatic N) is 4. The molecule has 3 aromatic rings. The van der Waals surface area contributed by atoms with Crippen LogP contribution in [-0.4, -0.2) is 48.9 Å². The molecule has 4 atom stereocenters. The summed E-state index contributed by atoms with van der Waals surface area (Å²) >= 11 is 0. The SMILES string of the molecule is O=c1cc(-n2ccnc2)[nH]cc1-c1cnc(O[C@@H]2CC3CCCC(N3)[C@H]2F)cn1. The second-order valence-corrected chi connectivity index (χ2v) is 7.54. The number of H-pyrrole nitrogens is 1. The number of pyridine rings is 1. The number of imidazole rings is 1. The first-order chi connectivity index (χ1) is 14.2. The summed E-state index contributed by atoms with van der Waals surface area (Å²) in [5.41, 5.74) is 0.632. The standard InChI is InChI=1S/C20H21FN6O2/c21-20-14-3-1-2-12(26-14)6-17(20)29-19-10-23-15(9-25-19)13-8-24-18(7-16(13)28)27-5-4-22-11-27/h4-5,7-12,14,17,20,26H,1-3,6H2,(H,24,28)/t12?,14?,17-,20-/m1/s1. The van der Waals surface area contributed by atoms with Crippen LogP contribution in [0.5, 0.6) is 5.88 Å². The Morgan fingerprint density at radius 3 is 2.93 bits per heavy atom. The summed E-state index contributed by atoms with van der Waals surface area (Å²) in [4.78, 5) is 28.1. The first-order valence-corrected chi connectivity index (χ1v) is 9.77. The maximum atomic E-state index is 14.7. The number of ether oxygens (including phenoxy) is 1. The molecule has 2 aliphatic heterocycles. The van der Waals surface area contributed by atoms with E-state index in [0.717, 1.165) is 19.3 Å². The minimum Gasteiger partial charge on any atom is -0.470 e. The predicted molar refractivity (Wildman–Crippen MR) is 104 cm³/mol. The Bertz CT molecular complexity index is 1040. The van der Waals surface area contributed by atoms with Crippen LogP contribution in [0.1, 0.15) is 25.7 Å². The van der Waals surface area contributed by atoms with Crippen molar-refractivity contribution in [3.63, 3.8) is 0 Å². The number of aromatic nitrogens is 5. The Morgan fingerprint density at radius 1 is 1.24 bits per heavy atom. The molecule has 3 aromatic heterocycles. The molecule has 2 fully saturated rings. The van der Waals surface area contributed by atoms with Crippen molar-refractivity contribution in [2.45, 2.75) is 50.0 Å². The van der Waals surface area contributed by atoms with Gasteiger partial charge in [-0.05, 0) is 12.8 Å². The zero-order valence-electron chi connectivity index (χ0n) is 15.7. The molecule has 150 valence electrons. The molecule has 2 unspecified atom stereocenters. The quantitative estimate of drug-likeness (QED) is 0.700. The summed E-state index contributed by atoms with van der Waals surface area (Å²) in [5.74, 6) is 0.877. The third kappa shape index (κ3) is 3.53. The molecule has 29 heavy (non-hydrogen) atoms. The minimum absolute atomic E-state index is 0.146. The molecule has 0 spiro atoms. The third-order valence-corrected chi connectivity index (χ3v) is 5.63. The van der Waals surface area contributed by atoms with Gasteiger partial charge in [0.05, 0.1) is 23.7 Å². The first-order valence-electron chi connectivity index (χ1n) is 9.77. The van der Waals surface area contributed by atoms with Gasteiger partial charge in [0, 0.05) is 43.2 Å². The molecule has 9 heteroatoms. The van der Waals surface area contributed by atoms with Crippen molar-refractivity contribution in [2.24, 2.45) is 0 Å². The number of rotatable bonds is 4. The van der Waals surface area contributed by atoms with Gasteiger partial charge in [-0.2, -0.15) is 0 Å². The zero-order valence-corrected chi connectivity index (χ0v) is 15.7. The molecule has 8 nitrogen and oxygen atoms in total. The molecule has 0 radical (unpaired) electrons. The summed E-state index contributed by atoms with van der Waals surface area (Å²) in [6.45, 7) is 0. The fraction of sp³-hybridized carbons (Fsp3) is 0.400. The average molecular weight is 396 g/mol. The van der Waals surface area contributed by atoms with Crippen LogP contribution in [0.4, 0.5) is 4.39 Å². The highest BCUT2D eigenvalue weighted by Crippen LogP contribution is 2.30.